The van der Waals surface area contributed by atoms with Crippen LogP contribution in [0.5, 0.6) is 5.75 Å². The Morgan fingerprint density at radius 2 is 1.81 bits per heavy atom. The first-order valence-electron chi connectivity index (χ1n) is 8.74. The molecule has 0 aliphatic carbocycles. The lowest BCUT2D eigenvalue weighted by Crippen LogP contribution is -2.10. The van der Waals surface area contributed by atoms with Crippen molar-refractivity contribution in [2.24, 2.45) is 0 Å². The second-order valence-corrected chi connectivity index (χ2v) is 6.33. The minimum absolute atomic E-state index is 0.268. The van der Waals surface area contributed by atoms with Crippen molar-refractivity contribution >= 4 is 11.6 Å². The fraction of sp³-hybridized carbons (Fsp3) is 0.227. The van der Waals surface area contributed by atoms with Crippen LogP contribution in [0.2, 0.25) is 0 Å². The van der Waals surface area contributed by atoms with Crippen molar-refractivity contribution < 1.29 is 13.9 Å². The summed E-state index contributed by atoms with van der Waals surface area (Å²) < 4.78 is 11.4. The Kier molecular flexibility index (Phi) is 5.42. The number of hydrogen-bond acceptors (Lipinski definition) is 3. The van der Waals surface area contributed by atoms with Crippen LogP contribution in [0.1, 0.15) is 39.9 Å². The summed E-state index contributed by atoms with van der Waals surface area (Å²) in [6, 6.07) is 17.3. The van der Waals surface area contributed by atoms with E-state index in [4.69, 9.17) is 9.15 Å². The number of nitrogens with one attached hydrogen (secondary N) is 1. The number of carbonyl (C=O) groups is 1. The zero-order valence-electron chi connectivity index (χ0n) is 15.3. The van der Waals surface area contributed by atoms with Crippen LogP contribution in [0.4, 0.5) is 5.69 Å². The average molecular weight is 349 g/mol. The fourth-order valence-electron chi connectivity index (χ4n) is 2.61. The van der Waals surface area contributed by atoms with Gasteiger partial charge in [0.1, 0.15) is 18.1 Å². The monoisotopic (exact) mass is 349 g/mol. The first kappa shape index (κ1) is 17.8. The van der Waals surface area contributed by atoms with E-state index < -0.39 is 0 Å². The van der Waals surface area contributed by atoms with Gasteiger partial charge in [-0.1, -0.05) is 31.2 Å². The molecule has 4 heteroatoms. The highest BCUT2D eigenvalue weighted by molar-refractivity contribution is 6.02. The molecule has 26 heavy (non-hydrogen) atoms. The first-order chi connectivity index (χ1) is 12.5. The Labute approximate surface area is 153 Å². The van der Waals surface area contributed by atoms with Crippen LogP contribution >= 0.6 is 0 Å². The minimum Gasteiger partial charge on any atom is -0.485 e. The molecule has 0 aliphatic heterocycles. The summed E-state index contributed by atoms with van der Waals surface area (Å²) in [6.45, 7) is 6.40. The van der Waals surface area contributed by atoms with Crippen LogP contribution in [0.15, 0.2) is 59.0 Å². The second-order valence-electron chi connectivity index (χ2n) is 6.33. The summed E-state index contributed by atoms with van der Waals surface area (Å²) in [5.74, 6) is 1.43. The van der Waals surface area contributed by atoms with Crippen molar-refractivity contribution in [3.8, 4) is 5.75 Å². The zero-order chi connectivity index (χ0) is 18.5. The molecule has 3 rings (SSSR count). The summed E-state index contributed by atoms with van der Waals surface area (Å²) in [5.41, 5.74) is 4.18. The summed E-state index contributed by atoms with van der Waals surface area (Å²) in [6.07, 6.45) is 0.968. The van der Waals surface area contributed by atoms with E-state index in [0.29, 0.717) is 5.76 Å². The third kappa shape index (κ3) is 4.33. The topological polar surface area (TPSA) is 51.5 Å². The molecule has 4 nitrogen and oxygen atoms in total. The van der Waals surface area contributed by atoms with E-state index in [2.05, 4.69) is 12.2 Å². The standard InChI is InChI=1S/C22H23NO3/c1-4-17-7-9-18(10-8-17)23-22(24)20-12-11-19(26-20)14-25-21-13-15(2)5-6-16(21)3/h5-13H,4,14H2,1-3H3,(H,23,24). The lowest BCUT2D eigenvalue weighted by Gasteiger charge is -2.08. The highest BCUT2D eigenvalue weighted by Crippen LogP contribution is 2.21. The summed E-state index contributed by atoms with van der Waals surface area (Å²) in [4.78, 5) is 12.3. The van der Waals surface area contributed by atoms with Gasteiger partial charge in [0.2, 0.25) is 0 Å². The smallest absolute Gasteiger partial charge is 0.291 e. The van der Waals surface area contributed by atoms with Gasteiger partial charge < -0.3 is 14.5 Å². The van der Waals surface area contributed by atoms with E-state index in [1.165, 1.54) is 5.56 Å². The summed E-state index contributed by atoms with van der Waals surface area (Å²) in [7, 11) is 0. The lowest BCUT2D eigenvalue weighted by atomic mass is 10.1. The number of ether oxygens (including phenoxy) is 1. The van der Waals surface area contributed by atoms with Gasteiger partial charge in [0.05, 0.1) is 0 Å². The molecule has 0 aliphatic rings. The highest BCUT2D eigenvalue weighted by Gasteiger charge is 2.12. The van der Waals surface area contributed by atoms with Gasteiger partial charge in [-0.15, -0.1) is 0 Å². The van der Waals surface area contributed by atoms with E-state index >= 15 is 0 Å². The van der Waals surface area contributed by atoms with Crippen LogP contribution in [0.25, 0.3) is 0 Å². The van der Waals surface area contributed by atoms with Crippen LogP contribution in [0, 0.1) is 13.8 Å². The molecule has 0 bridgehead atoms. The summed E-state index contributed by atoms with van der Waals surface area (Å²) in [5, 5.41) is 2.84. The molecule has 0 atom stereocenters. The molecule has 0 spiro atoms. The molecule has 0 unspecified atom stereocenters. The molecular weight excluding hydrogens is 326 g/mol. The zero-order valence-corrected chi connectivity index (χ0v) is 15.3. The van der Waals surface area contributed by atoms with E-state index in [0.717, 1.165) is 29.0 Å². The number of hydrogen-bond donors (Lipinski definition) is 1. The molecule has 0 saturated carbocycles. The van der Waals surface area contributed by atoms with Gasteiger partial charge in [0.15, 0.2) is 5.76 Å². The van der Waals surface area contributed by atoms with Crippen molar-refractivity contribution in [1.29, 1.82) is 0 Å². The van der Waals surface area contributed by atoms with Gasteiger partial charge >= 0.3 is 0 Å². The molecule has 1 N–H and O–H groups in total. The van der Waals surface area contributed by atoms with Crippen LogP contribution in [-0.2, 0) is 13.0 Å². The number of anilines is 1. The molecule has 0 saturated heterocycles. The number of furan rings is 1. The lowest BCUT2D eigenvalue weighted by molar-refractivity contribution is 0.0992. The van der Waals surface area contributed by atoms with Gasteiger partial charge in [-0.25, -0.2) is 0 Å². The fourth-order valence-corrected chi connectivity index (χ4v) is 2.61. The maximum absolute atomic E-state index is 12.3. The summed E-state index contributed by atoms with van der Waals surface area (Å²) >= 11 is 0. The SMILES string of the molecule is CCc1ccc(NC(=O)c2ccc(COc3cc(C)ccc3C)o2)cc1. The van der Waals surface area contributed by atoms with Gasteiger partial charge in [-0.05, 0) is 67.3 Å². The Balaban J connectivity index is 1.61. The number of amides is 1. The Hall–Kier alpha value is -3.01. The second kappa shape index (κ2) is 7.91. The van der Waals surface area contributed by atoms with E-state index in [9.17, 15) is 4.79 Å². The molecule has 0 fully saturated rings. The molecule has 1 heterocycles. The van der Waals surface area contributed by atoms with E-state index in [1.54, 1.807) is 12.1 Å². The predicted octanol–water partition coefficient (Wildman–Crippen LogP) is 5.29. The van der Waals surface area contributed by atoms with Gasteiger partial charge in [-0.2, -0.15) is 0 Å². The van der Waals surface area contributed by atoms with Crippen LogP contribution in [0.3, 0.4) is 0 Å². The molecule has 134 valence electrons. The van der Waals surface area contributed by atoms with E-state index in [-0.39, 0.29) is 18.3 Å². The van der Waals surface area contributed by atoms with Gasteiger partial charge in [-0.3, -0.25) is 4.79 Å². The third-order valence-corrected chi connectivity index (χ3v) is 4.22. The maximum atomic E-state index is 12.3. The number of carbonyl (C=O) groups excluding carboxylic acids is 1. The quantitative estimate of drug-likeness (QED) is 0.658. The van der Waals surface area contributed by atoms with Crippen molar-refractivity contribution in [2.75, 3.05) is 5.32 Å². The van der Waals surface area contributed by atoms with Crippen molar-refractivity contribution in [3.63, 3.8) is 0 Å². The molecule has 1 aromatic heterocycles. The minimum atomic E-state index is -0.271. The number of benzene rings is 2. The first-order valence-corrected chi connectivity index (χ1v) is 8.74. The van der Waals surface area contributed by atoms with Crippen LogP contribution in [-0.4, -0.2) is 5.91 Å². The molecule has 0 radical (unpaired) electrons. The molecule has 3 aromatic rings. The van der Waals surface area contributed by atoms with Crippen molar-refractivity contribution in [2.45, 2.75) is 33.8 Å². The normalized spacial score (nSPS) is 10.6. The highest BCUT2D eigenvalue weighted by atomic mass is 16.5. The van der Waals surface area contributed by atoms with Crippen molar-refractivity contribution in [3.05, 3.63) is 82.8 Å². The number of aryl methyl sites for hydroxylation is 3. The van der Waals surface area contributed by atoms with E-state index in [1.807, 2.05) is 56.3 Å². The molecule has 1 amide bonds. The van der Waals surface area contributed by atoms with Gasteiger partial charge in [0.25, 0.3) is 5.91 Å². The number of rotatable bonds is 6. The largest absolute Gasteiger partial charge is 0.485 e. The third-order valence-electron chi connectivity index (χ3n) is 4.22. The molecule has 2 aromatic carbocycles. The molecular formula is C22H23NO3. The average Bonchev–Trinajstić information content (AvgIpc) is 3.12. The predicted molar refractivity (Wildman–Crippen MR) is 103 cm³/mol. The Morgan fingerprint density at radius 1 is 1.04 bits per heavy atom. The Morgan fingerprint density at radius 3 is 2.54 bits per heavy atom. The maximum Gasteiger partial charge on any atom is 0.291 e. The Bertz CT molecular complexity index is 894. The van der Waals surface area contributed by atoms with Gasteiger partial charge in [0, 0.05) is 5.69 Å². The van der Waals surface area contributed by atoms with Crippen molar-refractivity contribution in [1.82, 2.24) is 0 Å². The van der Waals surface area contributed by atoms with Crippen LogP contribution < -0.4 is 10.1 Å².